The lowest BCUT2D eigenvalue weighted by atomic mass is 10.1. The second kappa shape index (κ2) is 3.95. The monoisotopic (exact) mass is 299 g/mol. The van der Waals surface area contributed by atoms with Crippen LogP contribution in [-0.2, 0) is 0 Å². The lowest BCUT2D eigenvalue weighted by Gasteiger charge is -2.03. The molecule has 0 spiro atoms. The summed E-state index contributed by atoms with van der Waals surface area (Å²) < 4.78 is 24.9. The van der Waals surface area contributed by atoms with Crippen LogP contribution in [0.15, 0.2) is 12.3 Å². The molecule has 0 saturated heterocycles. The number of carboxylic acid groups (broad SMARTS) is 1. The Morgan fingerprint density at radius 3 is 2.69 bits per heavy atom. The van der Waals surface area contributed by atoms with Crippen molar-refractivity contribution in [1.29, 1.82) is 0 Å². The van der Waals surface area contributed by atoms with Crippen molar-refractivity contribution in [3.63, 3.8) is 0 Å². The summed E-state index contributed by atoms with van der Waals surface area (Å²) in [5.74, 6) is -1.39. The molecule has 13 heavy (non-hydrogen) atoms. The summed E-state index contributed by atoms with van der Waals surface area (Å²) in [6.07, 6.45) is -1.85. The SMILES string of the molecule is O=C(O)c1cnc(I)cc1C(F)F. The molecule has 1 N–H and O–H groups in total. The topological polar surface area (TPSA) is 50.2 Å². The molecular weight excluding hydrogens is 295 g/mol. The van der Waals surface area contributed by atoms with Crippen LogP contribution in [0.3, 0.4) is 0 Å². The Bertz CT molecular complexity index is 343. The van der Waals surface area contributed by atoms with Gasteiger partial charge in [-0.15, -0.1) is 0 Å². The third-order valence-corrected chi connectivity index (χ3v) is 1.96. The molecule has 1 aromatic heterocycles. The van der Waals surface area contributed by atoms with Crippen LogP contribution in [0.4, 0.5) is 8.78 Å². The molecule has 0 saturated carbocycles. The number of nitrogens with zero attached hydrogens (tertiary/aromatic N) is 1. The van der Waals surface area contributed by atoms with Crippen molar-refractivity contribution in [2.24, 2.45) is 0 Å². The first-order valence-corrected chi connectivity index (χ1v) is 4.27. The zero-order valence-corrected chi connectivity index (χ0v) is 8.33. The maximum Gasteiger partial charge on any atom is 0.337 e. The predicted octanol–water partition coefficient (Wildman–Crippen LogP) is 2.32. The molecule has 0 bridgehead atoms. The molecule has 3 nitrogen and oxygen atoms in total. The summed E-state index contributed by atoms with van der Waals surface area (Å²) in [7, 11) is 0. The van der Waals surface area contributed by atoms with Crippen LogP contribution in [0.25, 0.3) is 0 Å². The molecule has 70 valence electrons. The highest BCUT2D eigenvalue weighted by Gasteiger charge is 2.18. The van der Waals surface area contributed by atoms with E-state index in [1.165, 1.54) is 0 Å². The average Bonchev–Trinajstić information content (AvgIpc) is 2.03. The van der Waals surface area contributed by atoms with Gasteiger partial charge in [-0.25, -0.2) is 18.6 Å². The normalized spacial score (nSPS) is 10.5. The molecule has 0 unspecified atom stereocenters. The summed E-state index contributed by atoms with van der Waals surface area (Å²) in [5, 5.41) is 8.53. The van der Waals surface area contributed by atoms with E-state index in [-0.39, 0.29) is 0 Å². The van der Waals surface area contributed by atoms with E-state index in [2.05, 4.69) is 4.98 Å². The number of carbonyl (C=O) groups is 1. The standard InChI is InChI=1S/C7H4F2INO2/c8-6(9)3-1-5(10)11-2-4(3)7(12)13/h1-2,6H,(H,12,13). The number of alkyl halides is 2. The molecule has 1 rings (SSSR count). The van der Waals surface area contributed by atoms with Crippen molar-refractivity contribution in [2.45, 2.75) is 6.43 Å². The van der Waals surface area contributed by atoms with E-state index in [1.807, 2.05) is 0 Å². The summed E-state index contributed by atoms with van der Waals surface area (Å²) in [4.78, 5) is 14.1. The number of pyridine rings is 1. The highest BCUT2D eigenvalue weighted by molar-refractivity contribution is 14.1. The summed E-state index contributed by atoms with van der Waals surface area (Å²) in [6, 6.07) is 1.06. The van der Waals surface area contributed by atoms with Gasteiger partial charge in [-0.2, -0.15) is 0 Å². The van der Waals surface area contributed by atoms with Gasteiger partial charge in [0.2, 0.25) is 0 Å². The van der Waals surface area contributed by atoms with Gasteiger partial charge < -0.3 is 5.11 Å². The number of rotatable bonds is 2. The van der Waals surface area contributed by atoms with Crippen LogP contribution in [-0.4, -0.2) is 16.1 Å². The van der Waals surface area contributed by atoms with E-state index in [1.54, 1.807) is 22.6 Å². The first kappa shape index (κ1) is 10.3. The first-order chi connectivity index (χ1) is 6.02. The van der Waals surface area contributed by atoms with Gasteiger partial charge in [0.1, 0.15) is 3.70 Å². The molecule has 0 aliphatic heterocycles. The Balaban J connectivity index is 3.26. The number of halogens is 3. The Kier molecular flexibility index (Phi) is 3.12. The quantitative estimate of drug-likeness (QED) is 0.673. The average molecular weight is 299 g/mol. The van der Waals surface area contributed by atoms with Crippen molar-refractivity contribution in [3.8, 4) is 0 Å². The van der Waals surface area contributed by atoms with Gasteiger partial charge >= 0.3 is 5.97 Å². The van der Waals surface area contributed by atoms with Gasteiger partial charge in [0.15, 0.2) is 0 Å². The molecular formula is C7H4F2INO2. The third kappa shape index (κ3) is 2.33. The first-order valence-electron chi connectivity index (χ1n) is 3.19. The second-order valence-corrected chi connectivity index (χ2v) is 3.31. The van der Waals surface area contributed by atoms with Crippen molar-refractivity contribution >= 4 is 28.6 Å². The van der Waals surface area contributed by atoms with E-state index in [0.29, 0.717) is 3.70 Å². The lowest BCUT2D eigenvalue weighted by molar-refractivity contribution is 0.0684. The van der Waals surface area contributed by atoms with Crippen LogP contribution < -0.4 is 0 Å². The number of aromatic nitrogens is 1. The van der Waals surface area contributed by atoms with E-state index in [9.17, 15) is 13.6 Å². The molecule has 0 radical (unpaired) electrons. The zero-order chi connectivity index (χ0) is 10.0. The molecule has 0 aliphatic rings. The van der Waals surface area contributed by atoms with Crippen LogP contribution in [0.1, 0.15) is 22.3 Å². The number of hydrogen-bond acceptors (Lipinski definition) is 2. The molecule has 1 aromatic rings. The molecule has 1 heterocycles. The Labute approximate surface area is 85.9 Å². The van der Waals surface area contributed by atoms with Gasteiger partial charge in [-0.05, 0) is 28.7 Å². The minimum atomic E-state index is -2.79. The van der Waals surface area contributed by atoms with Crippen LogP contribution >= 0.6 is 22.6 Å². The fourth-order valence-corrected chi connectivity index (χ4v) is 1.28. The predicted molar refractivity (Wildman–Crippen MR) is 48.9 cm³/mol. The van der Waals surface area contributed by atoms with Crippen molar-refractivity contribution in [3.05, 3.63) is 27.1 Å². The van der Waals surface area contributed by atoms with Gasteiger partial charge in [0.05, 0.1) is 5.56 Å². The maximum absolute atomic E-state index is 12.3. The fourth-order valence-electron chi connectivity index (χ4n) is 0.803. The molecule has 0 amide bonds. The second-order valence-electron chi connectivity index (χ2n) is 2.20. The van der Waals surface area contributed by atoms with Gasteiger partial charge in [0, 0.05) is 11.8 Å². The molecule has 0 atom stereocenters. The van der Waals surface area contributed by atoms with Crippen LogP contribution in [0.2, 0.25) is 0 Å². The van der Waals surface area contributed by atoms with Crippen molar-refractivity contribution in [1.82, 2.24) is 4.98 Å². The Morgan fingerprint density at radius 2 is 2.23 bits per heavy atom. The van der Waals surface area contributed by atoms with Gasteiger partial charge in [-0.3, -0.25) is 0 Å². The van der Waals surface area contributed by atoms with E-state index >= 15 is 0 Å². The summed E-state index contributed by atoms with van der Waals surface area (Å²) in [5.41, 5.74) is -0.942. The lowest BCUT2D eigenvalue weighted by Crippen LogP contribution is -2.04. The fraction of sp³-hybridized carbons (Fsp3) is 0.143. The number of aromatic carboxylic acids is 1. The Hall–Kier alpha value is -0.790. The largest absolute Gasteiger partial charge is 0.478 e. The van der Waals surface area contributed by atoms with Crippen LogP contribution in [0, 0.1) is 3.70 Å². The molecule has 0 aromatic carbocycles. The molecule has 6 heteroatoms. The molecule has 0 aliphatic carbocycles. The van der Waals surface area contributed by atoms with Gasteiger partial charge in [-0.1, -0.05) is 0 Å². The molecule has 0 fully saturated rings. The highest BCUT2D eigenvalue weighted by Crippen LogP contribution is 2.23. The van der Waals surface area contributed by atoms with Crippen molar-refractivity contribution < 1.29 is 18.7 Å². The van der Waals surface area contributed by atoms with E-state index in [4.69, 9.17) is 5.11 Å². The highest BCUT2D eigenvalue weighted by atomic mass is 127. The number of hydrogen-bond donors (Lipinski definition) is 1. The third-order valence-electron chi connectivity index (χ3n) is 1.37. The van der Waals surface area contributed by atoms with E-state index in [0.717, 1.165) is 12.3 Å². The number of carboxylic acids is 1. The summed E-state index contributed by atoms with van der Waals surface area (Å²) in [6.45, 7) is 0. The zero-order valence-electron chi connectivity index (χ0n) is 6.17. The van der Waals surface area contributed by atoms with Crippen LogP contribution in [0.5, 0.6) is 0 Å². The Morgan fingerprint density at radius 1 is 1.62 bits per heavy atom. The van der Waals surface area contributed by atoms with Gasteiger partial charge in [0.25, 0.3) is 6.43 Å². The van der Waals surface area contributed by atoms with Crippen molar-refractivity contribution in [2.75, 3.05) is 0 Å². The minimum absolute atomic E-state index is 0.345. The smallest absolute Gasteiger partial charge is 0.337 e. The maximum atomic E-state index is 12.3. The summed E-state index contributed by atoms with van der Waals surface area (Å²) >= 11 is 1.74. The van der Waals surface area contributed by atoms with E-state index < -0.39 is 23.5 Å². The minimum Gasteiger partial charge on any atom is -0.478 e.